The standard InChI is InChI=1S/C23H25N3O2/c1-14-10-17(4)23(18(5)11-14)24-21(27)13-26-22(28)9-8-20(25-26)19-7-6-15(2)16(3)12-19/h6-12H,13H2,1-5H3,(H,24,27). The summed E-state index contributed by atoms with van der Waals surface area (Å²) in [5.74, 6) is -0.276. The molecule has 0 atom stereocenters. The van der Waals surface area contributed by atoms with Crippen molar-refractivity contribution in [2.45, 2.75) is 41.2 Å². The normalized spacial score (nSPS) is 10.8. The molecule has 5 nitrogen and oxygen atoms in total. The number of amides is 1. The maximum atomic E-state index is 12.6. The number of nitrogens with one attached hydrogen (secondary N) is 1. The fourth-order valence-electron chi connectivity index (χ4n) is 3.31. The van der Waals surface area contributed by atoms with E-state index < -0.39 is 0 Å². The summed E-state index contributed by atoms with van der Waals surface area (Å²) in [7, 11) is 0. The van der Waals surface area contributed by atoms with Crippen molar-refractivity contribution in [2.24, 2.45) is 0 Å². The highest BCUT2D eigenvalue weighted by atomic mass is 16.2. The fraction of sp³-hybridized carbons (Fsp3) is 0.261. The van der Waals surface area contributed by atoms with Crippen LogP contribution in [0.5, 0.6) is 0 Å². The summed E-state index contributed by atoms with van der Waals surface area (Å²) in [6.45, 7) is 9.89. The molecular formula is C23H25N3O2. The van der Waals surface area contributed by atoms with Crippen LogP contribution >= 0.6 is 0 Å². The fourth-order valence-corrected chi connectivity index (χ4v) is 3.31. The number of benzene rings is 2. The lowest BCUT2D eigenvalue weighted by Gasteiger charge is -2.13. The van der Waals surface area contributed by atoms with Crippen LogP contribution in [0.15, 0.2) is 47.3 Å². The predicted molar refractivity (Wildman–Crippen MR) is 113 cm³/mol. The van der Waals surface area contributed by atoms with Gasteiger partial charge in [0.2, 0.25) is 5.91 Å². The molecule has 0 aliphatic carbocycles. The van der Waals surface area contributed by atoms with Gasteiger partial charge in [0, 0.05) is 17.3 Å². The van der Waals surface area contributed by atoms with Crippen LogP contribution in [0.1, 0.15) is 27.8 Å². The van der Waals surface area contributed by atoms with Gasteiger partial charge < -0.3 is 5.32 Å². The molecule has 0 aliphatic heterocycles. The van der Waals surface area contributed by atoms with Gasteiger partial charge in [-0.1, -0.05) is 29.8 Å². The Morgan fingerprint density at radius 1 is 0.893 bits per heavy atom. The zero-order valence-corrected chi connectivity index (χ0v) is 17.0. The summed E-state index contributed by atoms with van der Waals surface area (Å²) in [6.07, 6.45) is 0. The summed E-state index contributed by atoms with van der Waals surface area (Å²) >= 11 is 0. The molecule has 0 saturated heterocycles. The van der Waals surface area contributed by atoms with E-state index in [1.54, 1.807) is 6.07 Å². The van der Waals surface area contributed by atoms with Crippen molar-refractivity contribution in [3.63, 3.8) is 0 Å². The van der Waals surface area contributed by atoms with Crippen molar-refractivity contribution in [2.75, 3.05) is 5.32 Å². The summed E-state index contributed by atoms with van der Waals surface area (Å²) in [5, 5.41) is 7.32. The van der Waals surface area contributed by atoms with E-state index >= 15 is 0 Å². The van der Waals surface area contributed by atoms with Gasteiger partial charge in [0.05, 0.1) is 5.69 Å². The lowest BCUT2D eigenvalue weighted by Crippen LogP contribution is -2.29. The van der Waals surface area contributed by atoms with E-state index in [0.717, 1.165) is 33.5 Å². The van der Waals surface area contributed by atoms with Crippen molar-refractivity contribution < 1.29 is 4.79 Å². The van der Waals surface area contributed by atoms with E-state index in [0.29, 0.717) is 5.69 Å². The molecule has 1 N–H and O–H groups in total. The average Bonchev–Trinajstić information content (AvgIpc) is 2.62. The van der Waals surface area contributed by atoms with Crippen LogP contribution in [0.3, 0.4) is 0 Å². The zero-order valence-electron chi connectivity index (χ0n) is 17.0. The van der Waals surface area contributed by atoms with Crippen LogP contribution in [-0.4, -0.2) is 15.7 Å². The number of aryl methyl sites for hydroxylation is 5. The van der Waals surface area contributed by atoms with Gasteiger partial charge in [-0.15, -0.1) is 0 Å². The minimum absolute atomic E-state index is 0.135. The molecule has 0 fully saturated rings. The number of hydrogen-bond acceptors (Lipinski definition) is 3. The molecule has 1 amide bonds. The first-order valence-corrected chi connectivity index (χ1v) is 9.28. The van der Waals surface area contributed by atoms with Gasteiger partial charge >= 0.3 is 0 Å². The zero-order chi connectivity index (χ0) is 20.4. The van der Waals surface area contributed by atoms with Gasteiger partial charge in [0.1, 0.15) is 6.54 Å². The summed E-state index contributed by atoms with van der Waals surface area (Å²) < 4.78 is 1.21. The first kappa shape index (κ1) is 19.5. The summed E-state index contributed by atoms with van der Waals surface area (Å²) in [5.41, 5.74) is 7.55. The predicted octanol–water partition coefficient (Wildman–Crippen LogP) is 4.09. The molecule has 28 heavy (non-hydrogen) atoms. The molecule has 144 valence electrons. The second kappa shape index (κ2) is 7.80. The summed E-state index contributed by atoms with van der Waals surface area (Å²) in [4.78, 5) is 24.8. The molecule has 3 aromatic rings. The van der Waals surface area contributed by atoms with Gasteiger partial charge in [0.15, 0.2) is 0 Å². The van der Waals surface area contributed by atoms with Crippen LogP contribution in [0.25, 0.3) is 11.3 Å². The van der Waals surface area contributed by atoms with E-state index in [2.05, 4.69) is 10.4 Å². The Hall–Kier alpha value is -3.21. The van der Waals surface area contributed by atoms with Crippen molar-refractivity contribution in [3.05, 3.63) is 80.6 Å². The number of rotatable bonds is 4. The highest BCUT2D eigenvalue weighted by Gasteiger charge is 2.12. The maximum Gasteiger partial charge on any atom is 0.267 e. The van der Waals surface area contributed by atoms with E-state index in [4.69, 9.17) is 0 Å². The second-order valence-corrected chi connectivity index (χ2v) is 7.34. The van der Waals surface area contributed by atoms with E-state index in [9.17, 15) is 9.59 Å². The largest absolute Gasteiger partial charge is 0.324 e. The molecule has 0 aliphatic rings. The molecule has 0 spiro atoms. The number of carbonyl (C=O) groups excluding carboxylic acids is 1. The molecule has 5 heteroatoms. The number of nitrogens with zero attached hydrogens (tertiary/aromatic N) is 2. The molecule has 0 radical (unpaired) electrons. The highest BCUT2D eigenvalue weighted by molar-refractivity contribution is 5.92. The Morgan fingerprint density at radius 2 is 1.57 bits per heavy atom. The molecule has 0 unspecified atom stereocenters. The third-order valence-electron chi connectivity index (χ3n) is 4.90. The Bertz CT molecular complexity index is 1090. The molecule has 0 saturated carbocycles. The molecule has 2 aromatic carbocycles. The lowest BCUT2D eigenvalue weighted by molar-refractivity contribution is -0.117. The van der Waals surface area contributed by atoms with Gasteiger partial charge in [-0.2, -0.15) is 5.10 Å². The highest BCUT2D eigenvalue weighted by Crippen LogP contribution is 2.22. The first-order chi connectivity index (χ1) is 13.2. The second-order valence-electron chi connectivity index (χ2n) is 7.34. The number of hydrogen-bond donors (Lipinski definition) is 1. The van der Waals surface area contributed by atoms with Gasteiger partial charge in [-0.3, -0.25) is 9.59 Å². The third-order valence-corrected chi connectivity index (χ3v) is 4.90. The van der Waals surface area contributed by atoms with E-state index in [-0.39, 0.29) is 18.0 Å². The van der Waals surface area contributed by atoms with Crippen LogP contribution < -0.4 is 10.9 Å². The van der Waals surface area contributed by atoms with Gasteiger partial charge in [-0.25, -0.2) is 4.68 Å². The van der Waals surface area contributed by atoms with Crippen LogP contribution in [0.4, 0.5) is 5.69 Å². The number of carbonyl (C=O) groups is 1. The Morgan fingerprint density at radius 3 is 2.21 bits per heavy atom. The van der Waals surface area contributed by atoms with E-state index in [1.165, 1.54) is 16.3 Å². The molecule has 1 aromatic heterocycles. The molecular weight excluding hydrogens is 350 g/mol. The Kier molecular flexibility index (Phi) is 5.45. The first-order valence-electron chi connectivity index (χ1n) is 9.28. The minimum Gasteiger partial charge on any atom is -0.324 e. The minimum atomic E-state index is -0.305. The van der Waals surface area contributed by atoms with E-state index in [1.807, 2.05) is 65.0 Å². The lowest BCUT2D eigenvalue weighted by atomic mass is 10.0. The van der Waals surface area contributed by atoms with Gasteiger partial charge in [0.25, 0.3) is 5.56 Å². The van der Waals surface area contributed by atoms with Crippen molar-refractivity contribution in [1.82, 2.24) is 9.78 Å². The molecule has 3 rings (SSSR count). The number of aromatic nitrogens is 2. The number of anilines is 1. The third kappa shape index (κ3) is 4.19. The SMILES string of the molecule is Cc1cc(C)c(NC(=O)Cn2nc(-c3ccc(C)c(C)c3)ccc2=O)c(C)c1. The smallest absolute Gasteiger partial charge is 0.267 e. The summed E-state index contributed by atoms with van der Waals surface area (Å²) in [6, 6.07) is 13.2. The average molecular weight is 375 g/mol. The van der Waals surface area contributed by atoms with Crippen LogP contribution in [0.2, 0.25) is 0 Å². The molecule has 1 heterocycles. The van der Waals surface area contributed by atoms with Crippen molar-refractivity contribution >= 4 is 11.6 Å². The monoisotopic (exact) mass is 375 g/mol. The van der Waals surface area contributed by atoms with Crippen LogP contribution in [0, 0.1) is 34.6 Å². The van der Waals surface area contributed by atoms with Crippen molar-refractivity contribution in [1.29, 1.82) is 0 Å². The molecule has 0 bridgehead atoms. The maximum absolute atomic E-state index is 12.6. The quantitative estimate of drug-likeness (QED) is 0.747. The Labute approximate surface area is 165 Å². The van der Waals surface area contributed by atoms with Gasteiger partial charge in [-0.05, 0) is 69.0 Å². The Balaban J connectivity index is 1.85. The van der Waals surface area contributed by atoms with Crippen LogP contribution in [-0.2, 0) is 11.3 Å². The van der Waals surface area contributed by atoms with Crippen molar-refractivity contribution in [3.8, 4) is 11.3 Å². The topological polar surface area (TPSA) is 64.0 Å².